The van der Waals surface area contributed by atoms with Gasteiger partial charge < -0.3 is 4.42 Å². The number of rotatable bonds is 4. The summed E-state index contributed by atoms with van der Waals surface area (Å²) in [4.78, 5) is 6.50. The predicted molar refractivity (Wildman–Crippen MR) is 89.6 cm³/mol. The lowest BCUT2D eigenvalue weighted by Gasteiger charge is -2.35. The molecule has 0 aliphatic carbocycles. The quantitative estimate of drug-likeness (QED) is 0.879. The molecule has 2 atom stereocenters. The monoisotopic (exact) mass is 328 g/mol. The van der Waals surface area contributed by atoms with E-state index >= 15 is 0 Å². The van der Waals surface area contributed by atoms with Crippen molar-refractivity contribution in [2.75, 3.05) is 19.6 Å². The second kappa shape index (κ2) is 6.96. The fourth-order valence-corrected chi connectivity index (χ4v) is 3.77. The fourth-order valence-electron chi connectivity index (χ4n) is 3.77. The molecule has 2 aromatic rings. The molecule has 4 heterocycles. The van der Waals surface area contributed by atoms with Crippen molar-refractivity contribution in [1.82, 2.24) is 30.9 Å². The van der Waals surface area contributed by atoms with E-state index in [1.54, 1.807) is 12.4 Å². The Morgan fingerprint density at radius 1 is 1.29 bits per heavy atom. The number of hydrazine groups is 1. The highest BCUT2D eigenvalue weighted by atomic mass is 16.4. The van der Waals surface area contributed by atoms with Crippen molar-refractivity contribution in [3.63, 3.8) is 0 Å². The van der Waals surface area contributed by atoms with E-state index in [1.807, 2.05) is 12.1 Å². The van der Waals surface area contributed by atoms with E-state index in [-0.39, 0.29) is 0 Å². The SMILES string of the molecule is CC1CNNC1C1CCN(Cc2nnc(-c3cccnc3)o2)CC1. The van der Waals surface area contributed by atoms with Gasteiger partial charge in [0.05, 0.1) is 12.1 Å². The van der Waals surface area contributed by atoms with Gasteiger partial charge in [-0.05, 0) is 49.9 Å². The Kier molecular flexibility index (Phi) is 4.55. The summed E-state index contributed by atoms with van der Waals surface area (Å²) in [7, 11) is 0. The van der Waals surface area contributed by atoms with Crippen LogP contribution in [0.2, 0.25) is 0 Å². The Morgan fingerprint density at radius 2 is 2.17 bits per heavy atom. The maximum Gasteiger partial charge on any atom is 0.249 e. The van der Waals surface area contributed by atoms with Crippen LogP contribution in [-0.4, -0.2) is 45.8 Å². The van der Waals surface area contributed by atoms with Crippen molar-refractivity contribution in [3.8, 4) is 11.5 Å². The standard InChI is InChI=1S/C17H24N6O/c1-12-9-19-21-16(12)13-4-7-23(8-5-13)11-15-20-22-17(24-15)14-3-2-6-18-10-14/h2-3,6,10,12-13,16,19,21H,4-5,7-9,11H2,1H3. The summed E-state index contributed by atoms with van der Waals surface area (Å²) in [6.07, 6.45) is 5.91. The van der Waals surface area contributed by atoms with Crippen molar-refractivity contribution in [2.45, 2.75) is 32.4 Å². The van der Waals surface area contributed by atoms with Crippen LogP contribution in [0.5, 0.6) is 0 Å². The lowest BCUT2D eigenvalue weighted by molar-refractivity contribution is 0.137. The number of likely N-dealkylation sites (tertiary alicyclic amines) is 1. The number of nitrogens with one attached hydrogen (secondary N) is 2. The van der Waals surface area contributed by atoms with Gasteiger partial charge in [-0.1, -0.05) is 6.92 Å². The van der Waals surface area contributed by atoms with Crippen LogP contribution in [0.4, 0.5) is 0 Å². The van der Waals surface area contributed by atoms with Crippen LogP contribution in [-0.2, 0) is 6.54 Å². The van der Waals surface area contributed by atoms with Gasteiger partial charge in [0.2, 0.25) is 11.8 Å². The van der Waals surface area contributed by atoms with Gasteiger partial charge in [0.25, 0.3) is 0 Å². The molecule has 2 aliphatic heterocycles. The minimum Gasteiger partial charge on any atom is -0.419 e. The molecule has 4 rings (SSSR count). The summed E-state index contributed by atoms with van der Waals surface area (Å²) in [5, 5.41) is 8.32. The third-order valence-corrected chi connectivity index (χ3v) is 5.18. The van der Waals surface area contributed by atoms with Crippen LogP contribution in [0.3, 0.4) is 0 Å². The molecule has 0 amide bonds. The number of hydrogen-bond acceptors (Lipinski definition) is 7. The van der Waals surface area contributed by atoms with Crippen LogP contribution in [0, 0.1) is 11.8 Å². The lowest BCUT2D eigenvalue weighted by atomic mass is 9.84. The molecule has 2 aliphatic rings. The first-order valence-corrected chi connectivity index (χ1v) is 8.73. The van der Waals surface area contributed by atoms with Crippen molar-refractivity contribution in [1.29, 1.82) is 0 Å². The Morgan fingerprint density at radius 3 is 2.88 bits per heavy atom. The van der Waals surface area contributed by atoms with E-state index in [0.29, 0.717) is 23.7 Å². The van der Waals surface area contributed by atoms with Crippen LogP contribution in [0.25, 0.3) is 11.5 Å². The molecule has 2 aromatic heterocycles. The van der Waals surface area contributed by atoms with E-state index < -0.39 is 0 Å². The highest BCUT2D eigenvalue weighted by Gasteiger charge is 2.33. The zero-order valence-electron chi connectivity index (χ0n) is 14.0. The number of piperidine rings is 1. The molecular weight excluding hydrogens is 304 g/mol. The second-order valence-corrected chi connectivity index (χ2v) is 6.88. The lowest BCUT2D eigenvalue weighted by Crippen LogP contribution is -2.44. The zero-order valence-corrected chi connectivity index (χ0v) is 14.0. The van der Waals surface area contributed by atoms with E-state index in [2.05, 4.69) is 37.9 Å². The van der Waals surface area contributed by atoms with Crippen molar-refractivity contribution < 1.29 is 4.42 Å². The van der Waals surface area contributed by atoms with Gasteiger partial charge in [0.1, 0.15) is 0 Å². The Bertz CT molecular complexity index is 652. The van der Waals surface area contributed by atoms with E-state index in [0.717, 1.165) is 37.7 Å². The molecular formula is C17H24N6O. The van der Waals surface area contributed by atoms with Crippen molar-refractivity contribution in [2.24, 2.45) is 11.8 Å². The van der Waals surface area contributed by atoms with E-state index in [9.17, 15) is 0 Å². The Hall–Kier alpha value is -1.83. The molecule has 0 spiro atoms. The number of hydrogen-bond donors (Lipinski definition) is 2. The van der Waals surface area contributed by atoms with Gasteiger partial charge >= 0.3 is 0 Å². The molecule has 2 fully saturated rings. The molecule has 2 N–H and O–H groups in total. The normalized spacial score (nSPS) is 26.0. The molecule has 2 saturated heterocycles. The number of nitrogens with zero attached hydrogens (tertiary/aromatic N) is 4. The van der Waals surface area contributed by atoms with E-state index in [4.69, 9.17) is 4.42 Å². The van der Waals surface area contributed by atoms with Crippen LogP contribution >= 0.6 is 0 Å². The van der Waals surface area contributed by atoms with Crippen molar-refractivity contribution >= 4 is 0 Å². The van der Waals surface area contributed by atoms with Gasteiger partial charge in [0.15, 0.2) is 0 Å². The van der Waals surface area contributed by atoms with Crippen molar-refractivity contribution in [3.05, 3.63) is 30.4 Å². The molecule has 0 radical (unpaired) electrons. The third-order valence-electron chi connectivity index (χ3n) is 5.18. The second-order valence-electron chi connectivity index (χ2n) is 6.88. The topological polar surface area (TPSA) is 79.1 Å². The maximum absolute atomic E-state index is 5.79. The average molecular weight is 328 g/mol. The summed E-state index contributed by atoms with van der Waals surface area (Å²) in [6.45, 7) is 6.29. The molecule has 24 heavy (non-hydrogen) atoms. The molecule has 2 unspecified atom stereocenters. The molecule has 0 saturated carbocycles. The summed E-state index contributed by atoms with van der Waals surface area (Å²) < 4.78 is 5.79. The number of pyridine rings is 1. The molecule has 7 heteroatoms. The first kappa shape index (κ1) is 15.7. The largest absolute Gasteiger partial charge is 0.419 e. The molecule has 128 valence electrons. The van der Waals surface area contributed by atoms with Crippen LogP contribution in [0.15, 0.2) is 28.9 Å². The smallest absolute Gasteiger partial charge is 0.249 e. The first-order chi connectivity index (χ1) is 11.8. The molecule has 7 nitrogen and oxygen atoms in total. The van der Waals surface area contributed by atoms with Crippen LogP contribution < -0.4 is 10.9 Å². The van der Waals surface area contributed by atoms with Gasteiger partial charge in [-0.2, -0.15) is 0 Å². The summed E-state index contributed by atoms with van der Waals surface area (Å²) in [6, 6.07) is 4.41. The Labute approximate surface area is 141 Å². The third kappa shape index (κ3) is 3.33. The predicted octanol–water partition coefficient (Wildman–Crippen LogP) is 1.46. The summed E-state index contributed by atoms with van der Waals surface area (Å²) in [5.41, 5.74) is 7.60. The zero-order chi connectivity index (χ0) is 16.4. The average Bonchev–Trinajstić information content (AvgIpc) is 3.26. The summed E-state index contributed by atoms with van der Waals surface area (Å²) in [5.74, 6) is 2.68. The summed E-state index contributed by atoms with van der Waals surface area (Å²) >= 11 is 0. The molecule has 0 aromatic carbocycles. The molecule has 0 bridgehead atoms. The number of aromatic nitrogens is 3. The van der Waals surface area contributed by atoms with Gasteiger partial charge in [-0.25, -0.2) is 0 Å². The fraction of sp³-hybridized carbons (Fsp3) is 0.588. The minimum atomic E-state index is 0.544. The minimum absolute atomic E-state index is 0.544. The van der Waals surface area contributed by atoms with E-state index in [1.165, 1.54) is 12.8 Å². The van der Waals surface area contributed by atoms with Gasteiger partial charge in [0, 0.05) is 25.0 Å². The first-order valence-electron chi connectivity index (χ1n) is 8.73. The van der Waals surface area contributed by atoms with Crippen LogP contribution in [0.1, 0.15) is 25.7 Å². The Balaban J connectivity index is 1.32. The maximum atomic E-state index is 5.79. The highest BCUT2D eigenvalue weighted by Crippen LogP contribution is 2.27. The highest BCUT2D eigenvalue weighted by molar-refractivity contribution is 5.49. The van der Waals surface area contributed by atoms with Gasteiger partial charge in [-0.15, -0.1) is 10.2 Å². The van der Waals surface area contributed by atoms with Gasteiger partial charge in [-0.3, -0.25) is 20.7 Å².